The van der Waals surface area contributed by atoms with Crippen molar-refractivity contribution < 1.29 is 9.59 Å². The lowest BCUT2D eigenvalue weighted by atomic mass is 9.98. The van der Waals surface area contributed by atoms with Crippen molar-refractivity contribution in [3.63, 3.8) is 0 Å². The van der Waals surface area contributed by atoms with Gasteiger partial charge in [-0.3, -0.25) is 14.6 Å². The summed E-state index contributed by atoms with van der Waals surface area (Å²) in [7, 11) is 0. The standard InChI is InChI=1S/C18H19N3O2/c22-17-8-7-16(12-20-17)18(23)21-10-13-3-5-14(6-4-13)15-2-1-9-19-11-15/h1-6,9,11,16H,7-8,10,12H2,(H,20,22)(H,21,23). The summed E-state index contributed by atoms with van der Waals surface area (Å²) in [6, 6.07) is 12.0. The molecule has 23 heavy (non-hydrogen) atoms. The zero-order valence-electron chi connectivity index (χ0n) is 12.8. The average Bonchev–Trinajstić information content (AvgIpc) is 2.61. The molecule has 1 fully saturated rings. The van der Waals surface area contributed by atoms with Crippen LogP contribution in [0.1, 0.15) is 18.4 Å². The number of amides is 2. The van der Waals surface area contributed by atoms with E-state index >= 15 is 0 Å². The number of aromatic nitrogens is 1. The first-order chi connectivity index (χ1) is 11.2. The number of hydrogen-bond acceptors (Lipinski definition) is 3. The van der Waals surface area contributed by atoms with Crippen LogP contribution < -0.4 is 10.6 Å². The summed E-state index contributed by atoms with van der Waals surface area (Å²) in [5.74, 6) is -0.0938. The van der Waals surface area contributed by atoms with E-state index in [1.165, 1.54) is 0 Å². The Labute approximate surface area is 135 Å². The van der Waals surface area contributed by atoms with Crippen molar-refractivity contribution in [2.24, 2.45) is 5.92 Å². The van der Waals surface area contributed by atoms with Crippen LogP contribution in [0.2, 0.25) is 0 Å². The summed E-state index contributed by atoms with van der Waals surface area (Å²) in [6.07, 6.45) is 4.63. The molecule has 2 N–H and O–H groups in total. The van der Waals surface area contributed by atoms with Gasteiger partial charge in [-0.1, -0.05) is 30.3 Å². The van der Waals surface area contributed by atoms with Crippen LogP contribution in [-0.2, 0) is 16.1 Å². The van der Waals surface area contributed by atoms with Gasteiger partial charge in [0.15, 0.2) is 0 Å². The van der Waals surface area contributed by atoms with Crippen molar-refractivity contribution in [1.29, 1.82) is 0 Å². The van der Waals surface area contributed by atoms with E-state index in [1.54, 1.807) is 6.20 Å². The second-order valence-corrected chi connectivity index (χ2v) is 5.70. The summed E-state index contributed by atoms with van der Waals surface area (Å²) < 4.78 is 0. The van der Waals surface area contributed by atoms with Crippen LogP contribution in [0, 0.1) is 5.92 Å². The second kappa shape index (κ2) is 7.05. The van der Waals surface area contributed by atoms with E-state index in [1.807, 2.05) is 42.6 Å². The first-order valence-electron chi connectivity index (χ1n) is 7.76. The van der Waals surface area contributed by atoms with Gasteiger partial charge < -0.3 is 10.6 Å². The molecule has 1 aromatic heterocycles. The lowest BCUT2D eigenvalue weighted by Crippen LogP contribution is -2.42. The molecule has 0 aliphatic carbocycles. The van der Waals surface area contributed by atoms with Crippen LogP contribution in [-0.4, -0.2) is 23.3 Å². The molecule has 2 aromatic rings. The molecule has 1 unspecified atom stereocenters. The molecule has 5 heteroatoms. The van der Waals surface area contributed by atoms with E-state index in [0.29, 0.717) is 25.9 Å². The van der Waals surface area contributed by atoms with Gasteiger partial charge in [-0.2, -0.15) is 0 Å². The van der Waals surface area contributed by atoms with Crippen molar-refractivity contribution in [3.05, 3.63) is 54.4 Å². The van der Waals surface area contributed by atoms with E-state index in [2.05, 4.69) is 15.6 Å². The molecule has 1 saturated heterocycles. The highest BCUT2D eigenvalue weighted by Gasteiger charge is 2.23. The van der Waals surface area contributed by atoms with Crippen molar-refractivity contribution in [2.75, 3.05) is 6.54 Å². The smallest absolute Gasteiger partial charge is 0.225 e. The first kappa shape index (κ1) is 15.2. The maximum atomic E-state index is 12.1. The molecule has 1 atom stereocenters. The quantitative estimate of drug-likeness (QED) is 0.906. The average molecular weight is 309 g/mol. The Bertz CT molecular complexity index is 673. The maximum Gasteiger partial charge on any atom is 0.225 e. The van der Waals surface area contributed by atoms with E-state index in [4.69, 9.17) is 0 Å². The van der Waals surface area contributed by atoms with E-state index in [-0.39, 0.29) is 17.7 Å². The number of piperidine rings is 1. The fourth-order valence-electron chi connectivity index (χ4n) is 2.64. The molecule has 0 saturated carbocycles. The van der Waals surface area contributed by atoms with Gasteiger partial charge in [0.2, 0.25) is 11.8 Å². The minimum Gasteiger partial charge on any atom is -0.355 e. The summed E-state index contributed by atoms with van der Waals surface area (Å²) in [5, 5.41) is 5.67. The minimum atomic E-state index is -0.123. The van der Waals surface area contributed by atoms with Crippen LogP contribution in [0.4, 0.5) is 0 Å². The lowest BCUT2D eigenvalue weighted by Gasteiger charge is -2.21. The molecule has 0 radical (unpaired) electrons. The molecule has 1 aliphatic rings. The van der Waals surface area contributed by atoms with Gasteiger partial charge in [0.05, 0.1) is 5.92 Å². The number of nitrogens with one attached hydrogen (secondary N) is 2. The highest BCUT2D eigenvalue weighted by Crippen LogP contribution is 2.18. The Kier molecular flexibility index (Phi) is 4.66. The van der Waals surface area contributed by atoms with Crippen molar-refractivity contribution >= 4 is 11.8 Å². The Hall–Kier alpha value is -2.69. The number of nitrogens with zero attached hydrogens (tertiary/aromatic N) is 1. The van der Waals surface area contributed by atoms with Crippen LogP contribution in [0.3, 0.4) is 0 Å². The van der Waals surface area contributed by atoms with Gasteiger partial charge in [0, 0.05) is 31.9 Å². The molecule has 5 nitrogen and oxygen atoms in total. The number of carbonyl (C=O) groups excluding carboxylic acids is 2. The third-order valence-corrected chi connectivity index (χ3v) is 4.05. The molecule has 3 rings (SSSR count). The van der Waals surface area contributed by atoms with Crippen LogP contribution in [0.5, 0.6) is 0 Å². The number of hydrogen-bond donors (Lipinski definition) is 2. The van der Waals surface area contributed by atoms with Gasteiger partial charge in [0.25, 0.3) is 0 Å². The number of carbonyl (C=O) groups is 2. The molecule has 1 aliphatic heterocycles. The minimum absolute atomic E-state index is 0.00124. The zero-order valence-corrected chi connectivity index (χ0v) is 12.8. The first-order valence-corrected chi connectivity index (χ1v) is 7.76. The van der Waals surface area contributed by atoms with Gasteiger partial charge in [-0.15, -0.1) is 0 Å². The van der Waals surface area contributed by atoms with Crippen LogP contribution in [0.15, 0.2) is 48.8 Å². The Morgan fingerprint density at radius 2 is 2.04 bits per heavy atom. The monoisotopic (exact) mass is 309 g/mol. The third-order valence-electron chi connectivity index (χ3n) is 4.05. The Morgan fingerprint density at radius 1 is 1.22 bits per heavy atom. The highest BCUT2D eigenvalue weighted by molar-refractivity contribution is 5.83. The van der Waals surface area contributed by atoms with Gasteiger partial charge in [0.1, 0.15) is 0 Å². The Morgan fingerprint density at radius 3 is 2.70 bits per heavy atom. The van der Waals surface area contributed by atoms with Crippen LogP contribution >= 0.6 is 0 Å². The number of benzene rings is 1. The SMILES string of the molecule is O=C1CCC(C(=O)NCc2ccc(-c3cccnc3)cc2)CN1. The lowest BCUT2D eigenvalue weighted by molar-refractivity contribution is -0.129. The Balaban J connectivity index is 1.54. The molecule has 0 spiro atoms. The fraction of sp³-hybridized carbons (Fsp3) is 0.278. The molecular weight excluding hydrogens is 290 g/mol. The summed E-state index contributed by atoms with van der Waals surface area (Å²) in [5.41, 5.74) is 3.22. The second-order valence-electron chi connectivity index (χ2n) is 5.70. The van der Waals surface area contributed by atoms with Gasteiger partial charge in [-0.25, -0.2) is 0 Å². The number of pyridine rings is 1. The largest absolute Gasteiger partial charge is 0.355 e. The predicted octanol–water partition coefficient (Wildman–Crippen LogP) is 1.89. The normalized spacial score (nSPS) is 17.4. The van der Waals surface area contributed by atoms with E-state index in [9.17, 15) is 9.59 Å². The molecule has 2 amide bonds. The summed E-state index contributed by atoms with van der Waals surface area (Å²) in [6.45, 7) is 0.932. The van der Waals surface area contributed by atoms with Crippen molar-refractivity contribution in [1.82, 2.24) is 15.6 Å². The predicted molar refractivity (Wildman–Crippen MR) is 87.3 cm³/mol. The summed E-state index contributed by atoms with van der Waals surface area (Å²) in [4.78, 5) is 27.3. The molecule has 118 valence electrons. The highest BCUT2D eigenvalue weighted by atomic mass is 16.2. The van der Waals surface area contributed by atoms with Gasteiger partial charge >= 0.3 is 0 Å². The van der Waals surface area contributed by atoms with E-state index in [0.717, 1.165) is 16.7 Å². The molecule has 2 heterocycles. The van der Waals surface area contributed by atoms with Crippen molar-refractivity contribution in [3.8, 4) is 11.1 Å². The third kappa shape index (κ3) is 3.94. The molecule has 0 bridgehead atoms. The maximum absolute atomic E-state index is 12.1. The zero-order chi connectivity index (χ0) is 16.1. The topological polar surface area (TPSA) is 71.1 Å². The molecular formula is C18H19N3O2. The van der Waals surface area contributed by atoms with Gasteiger partial charge in [-0.05, 0) is 29.2 Å². The molecule has 1 aromatic carbocycles. The number of rotatable bonds is 4. The fourth-order valence-corrected chi connectivity index (χ4v) is 2.64. The van der Waals surface area contributed by atoms with E-state index < -0.39 is 0 Å². The van der Waals surface area contributed by atoms with Crippen LogP contribution in [0.25, 0.3) is 11.1 Å². The summed E-state index contributed by atoms with van der Waals surface area (Å²) >= 11 is 0. The van der Waals surface area contributed by atoms with Crippen molar-refractivity contribution in [2.45, 2.75) is 19.4 Å².